The van der Waals surface area contributed by atoms with Gasteiger partial charge in [0.15, 0.2) is 0 Å². The fraction of sp³-hybridized carbons (Fsp3) is 0.897. The molecule has 1 nitrogen and oxygen atoms in total. The van der Waals surface area contributed by atoms with Crippen molar-refractivity contribution in [3.05, 3.63) is 11.6 Å². The van der Waals surface area contributed by atoms with Gasteiger partial charge in [0.05, 0.1) is 0 Å². The van der Waals surface area contributed by atoms with Crippen molar-refractivity contribution in [3.63, 3.8) is 0 Å². The number of hydrogen-bond acceptors (Lipinski definition) is 2. The van der Waals surface area contributed by atoms with Crippen molar-refractivity contribution in [2.45, 2.75) is 114 Å². The molecule has 0 bridgehead atoms. The van der Waals surface area contributed by atoms with E-state index in [0.29, 0.717) is 10.8 Å². The van der Waals surface area contributed by atoms with Crippen LogP contribution in [0.4, 0.5) is 0 Å². The molecule has 4 aliphatic carbocycles. The maximum atomic E-state index is 12.3. The highest BCUT2D eigenvalue weighted by Gasteiger charge is 2.59. The van der Waals surface area contributed by atoms with E-state index in [1.54, 1.807) is 5.57 Å². The number of halogens is 3. The molecule has 0 aromatic carbocycles. The molecule has 34 heavy (non-hydrogen) atoms. The molecule has 4 aliphatic rings. The fourth-order valence-corrected chi connectivity index (χ4v) is 10.3. The van der Waals surface area contributed by atoms with Crippen molar-refractivity contribution in [3.8, 4) is 0 Å². The lowest BCUT2D eigenvalue weighted by Crippen LogP contribution is -2.50. The summed E-state index contributed by atoms with van der Waals surface area (Å²) in [6, 6.07) is 0. The molecule has 3 fully saturated rings. The average Bonchev–Trinajstić information content (AvgIpc) is 3.10. The smallest absolute Gasteiger partial charge is 0.259 e. The Morgan fingerprint density at radius 3 is 2.47 bits per heavy atom. The number of carbonyl (C=O) groups is 1. The lowest BCUT2D eigenvalue weighted by atomic mass is 9.47. The maximum absolute atomic E-state index is 12.3. The molecule has 0 heterocycles. The fourth-order valence-electron chi connectivity index (χ4n) is 8.97. The molecule has 8 atom stereocenters. The van der Waals surface area contributed by atoms with Crippen LogP contribution in [0.2, 0.25) is 0 Å². The van der Waals surface area contributed by atoms with Gasteiger partial charge >= 0.3 is 0 Å². The van der Waals surface area contributed by atoms with Gasteiger partial charge < -0.3 is 0 Å². The first-order chi connectivity index (χ1) is 15.9. The van der Waals surface area contributed by atoms with Crippen LogP contribution >= 0.6 is 46.6 Å². The summed E-state index contributed by atoms with van der Waals surface area (Å²) in [5.74, 6) is 5.12. The Bertz CT molecular complexity index is 789. The summed E-state index contributed by atoms with van der Waals surface area (Å²) in [6.07, 6.45) is 16.9. The molecule has 0 aliphatic heterocycles. The van der Waals surface area contributed by atoms with Crippen LogP contribution in [0.15, 0.2) is 11.6 Å². The van der Waals surface area contributed by atoms with E-state index in [2.05, 4.69) is 40.7 Å². The van der Waals surface area contributed by atoms with E-state index in [9.17, 15) is 4.79 Å². The average molecular weight is 548 g/mol. The highest BCUT2D eigenvalue weighted by molar-refractivity contribution is 8.14. The third kappa shape index (κ3) is 5.28. The Morgan fingerprint density at radius 1 is 1.06 bits per heavy atom. The number of allylic oxidation sites excluding steroid dienone is 2. The molecular formula is C29H45Cl3OS. The number of hydrogen-bond donors (Lipinski definition) is 0. The van der Waals surface area contributed by atoms with Gasteiger partial charge in [0.25, 0.3) is 3.79 Å². The number of carbonyl (C=O) groups excluding carboxylic acids is 1. The molecule has 0 N–H and O–H groups in total. The van der Waals surface area contributed by atoms with Gasteiger partial charge in [-0.15, -0.1) is 0 Å². The highest BCUT2D eigenvalue weighted by atomic mass is 35.6. The van der Waals surface area contributed by atoms with E-state index in [1.807, 2.05) is 0 Å². The zero-order chi connectivity index (χ0) is 24.9. The van der Waals surface area contributed by atoms with Crippen molar-refractivity contribution in [2.75, 3.05) is 0 Å². The second-order valence-corrected chi connectivity index (χ2v) is 16.6. The Balaban J connectivity index is 1.44. The minimum Gasteiger partial charge on any atom is -0.282 e. The number of alkyl halides is 3. The predicted molar refractivity (Wildman–Crippen MR) is 150 cm³/mol. The van der Waals surface area contributed by atoms with Gasteiger partial charge in [0, 0.05) is 5.25 Å². The van der Waals surface area contributed by atoms with Crippen LogP contribution in [0.3, 0.4) is 0 Å². The number of rotatable bonds is 6. The van der Waals surface area contributed by atoms with Gasteiger partial charge in [-0.3, -0.25) is 4.79 Å². The van der Waals surface area contributed by atoms with Crippen LogP contribution in [0.5, 0.6) is 0 Å². The van der Waals surface area contributed by atoms with Gasteiger partial charge in [-0.05, 0) is 97.7 Å². The minimum atomic E-state index is -1.81. The summed E-state index contributed by atoms with van der Waals surface area (Å²) >= 11 is 18.8. The molecule has 194 valence electrons. The van der Waals surface area contributed by atoms with Gasteiger partial charge in [-0.2, -0.15) is 0 Å². The lowest BCUT2D eigenvalue weighted by Gasteiger charge is -2.58. The van der Waals surface area contributed by atoms with E-state index in [4.69, 9.17) is 34.8 Å². The Kier molecular flexibility index (Phi) is 8.47. The summed E-state index contributed by atoms with van der Waals surface area (Å²) in [5.41, 5.74) is 2.42. The summed E-state index contributed by atoms with van der Waals surface area (Å²) in [4.78, 5) is 12.3. The van der Waals surface area contributed by atoms with Crippen LogP contribution in [-0.4, -0.2) is 14.2 Å². The molecule has 0 saturated heterocycles. The molecule has 4 rings (SSSR count). The SMILES string of the molecule is CC(C)CCCC(C)C1CCC2C3CC=C4CC(SC(=O)C(Cl)(Cl)Cl)CCC4(C)C3CCC12C. The van der Waals surface area contributed by atoms with Crippen LogP contribution in [0.25, 0.3) is 0 Å². The second kappa shape index (κ2) is 10.4. The molecular weight excluding hydrogens is 503 g/mol. The van der Waals surface area contributed by atoms with E-state index < -0.39 is 3.79 Å². The molecule has 0 amide bonds. The topological polar surface area (TPSA) is 17.1 Å². The first kappa shape index (κ1) is 27.7. The van der Waals surface area contributed by atoms with E-state index >= 15 is 0 Å². The summed E-state index contributed by atoms with van der Waals surface area (Å²) in [6.45, 7) is 12.5. The monoisotopic (exact) mass is 546 g/mol. The highest BCUT2D eigenvalue weighted by Crippen LogP contribution is 2.67. The Hall–Kier alpha value is 0.630. The van der Waals surface area contributed by atoms with Crippen LogP contribution in [0, 0.1) is 46.3 Å². The van der Waals surface area contributed by atoms with Gasteiger partial charge in [0.2, 0.25) is 5.12 Å². The van der Waals surface area contributed by atoms with E-state index in [1.165, 1.54) is 69.5 Å². The first-order valence-electron chi connectivity index (χ1n) is 13.8. The normalized spacial score (nSPS) is 40.9. The van der Waals surface area contributed by atoms with Crippen molar-refractivity contribution in [2.24, 2.45) is 46.3 Å². The van der Waals surface area contributed by atoms with Crippen molar-refractivity contribution in [1.29, 1.82) is 0 Å². The summed E-state index contributed by atoms with van der Waals surface area (Å²) < 4.78 is -1.81. The molecule has 0 aromatic rings. The van der Waals surface area contributed by atoms with E-state index in [0.717, 1.165) is 48.3 Å². The lowest BCUT2D eigenvalue weighted by molar-refractivity contribution is -0.110. The number of fused-ring (bicyclic) bond motifs is 5. The molecule has 8 unspecified atom stereocenters. The van der Waals surface area contributed by atoms with Crippen LogP contribution in [0.1, 0.15) is 105 Å². The first-order valence-corrected chi connectivity index (χ1v) is 15.8. The molecule has 0 spiro atoms. The molecule has 0 radical (unpaired) electrons. The minimum absolute atomic E-state index is 0.246. The zero-order valence-corrected chi connectivity index (χ0v) is 24.9. The van der Waals surface area contributed by atoms with Crippen LogP contribution in [-0.2, 0) is 4.79 Å². The molecule has 5 heteroatoms. The maximum Gasteiger partial charge on any atom is 0.259 e. The predicted octanol–water partition coefficient (Wildman–Crippen LogP) is 10.0. The Morgan fingerprint density at radius 2 is 1.79 bits per heavy atom. The number of thioether (sulfide) groups is 1. The Labute approximate surface area is 227 Å². The third-order valence-electron chi connectivity index (χ3n) is 10.8. The van der Waals surface area contributed by atoms with Crippen molar-refractivity contribution < 1.29 is 4.79 Å². The molecule has 0 aromatic heterocycles. The summed E-state index contributed by atoms with van der Waals surface area (Å²) in [5, 5.41) is -0.0799. The zero-order valence-electron chi connectivity index (χ0n) is 21.8. The van der Waals surface area contributed by atoms with Gasteiger partial charge in [-0.25, -0.2) is 0 Å². The van der Waals surface area contributed by atoms with Crippen molar-refractivity contribution >= 4 is 51.7 Å². The standard InChI is InChI=1S/C29H45Cl3OS/c1-18(2)7-6-8-19(3)23-11-12-24-22-10-9-20-17-21(34-26(33)29(30,31)32)13-15-27(20,4)25(22)14-16-28(23,24)5/h9,18-19,21-25H,6-8,10-17H2,1-5H3. The second-order valence-electron chi connectivity index (χ2n) is 13.1. The van der Waals surface area contributed by atoms with Gasteiger partial charge in [-0.1, -0.05) is 112 Å². The van der Waals surface area contributed by atoms with Crippen molar-refractivity contribution in [1.82, 2.24) is 0 Å². The van der Waals surface area contributed by atoms with E-state index in [-0.39, 0.29) is 10.4 Å². The van der Waals surface area contributed by atoms with Crippen LogP contribution < -0.4 is 0 Å². The van der Waals surface area contributed by atoms with Gasteiger partial charge in [0.1, 0.15) is 0 Å². The molecule has 3 saturated carbocycles. The largest absolute Gasteiger partial charge is 0.282 e. The summed E-state index contributed by atoms with van der Waals surface area (Å²) in [7, 11) is 0. The quantitative estimate of drug-likeness (QED) is 0.243. The third-order valence-corrected chi connectivity index (χ3v) is 12.9.